The predicted molar refractivity (Wildman–Crippen MR) is 52.0 cm³/mol. The smallest absolute Gasteiger partial charge is 0.174 e. The molecule has 0 fully saturated rings. The van der Waals surface area contributed by atoms with Gasteiger partial charge < -0.3 is 19.3 Å². The lowest BCUT2D eigenvalue weighted by atomic mass is 10.1. The Hall–Kier alpha value is -1.49. The highest BCUT2D eigenvalue weighted by Gasteiger charge is 2.19. The number of methoxy groups -OCH3 is 3. The van der Waals surface area contributed by atoms with E-state index < -0.39 is 12.4 Å². The summed E-state index contributed by atoms with van der Waals surface area (Å²) < 4.78 is 28.4. The first-order chi connectivity index (χ1) is 7.19. The highest BCUT2D eigenvalue weighted by atomic mass is 19.1. The van der Waals surface area contributed by atoms with E-state index in [-0.39, 0.29) is 17.1 Å². The first kappa shape index (κ1) is 11.6. The molecule has 0 aromatic heterocycles. The van der Waals surface area contributed by atoms with Crippen LogP contribution in [0.4, 0.5) is 4.39 Å². The quantitative estimate of drug-likeness (QED) is 0.825. The van der Waals surface area contributed by atoms with Gasteiger partial charge in [0.2, 0.25) is 0 Å². The summed E-state index contributed by atoms with van der Waals surface area (Å²) in [7, 11) is 4.14. The molecule has 1 N–H and O–H groups in total. The Kier molecular flexibility index (Phi) is 3.74. The maximum atomic E-state index is 13.6. The highest BCUT2D eigenvalue weighted by Crippen LogP contribution is 2.38. The maximum Gasteiger partial charge on any atom is 0.174 e. The molecule has 1 aromatic carbocycles. The van der Waals surface area contributed by atoms with Crippen LogP contribution in [0.5, 0.6) is 17.2 Å². The van der Waals surface area contributed by atoms with E-state index in [1.807, 2.05) is 0 Å². The van der Waals surface area contributed by atoms with E-state index in [2.05, 4.69) is 0 Å². The van der Waals surface area contributed by atoms with Crippen molar-refractivity contribution in [1.29, 1.82) is 0 Å². The third-order valence-corrected chi connectivity index (χ3v) is 2.04. The summed E-state index contributed by atoms with van der Waals surface area (Å²) in [6.07, 6.45) is 0. The van der Waals surface area contributed by atoms with Gasteiger partial charge in [0.15, 0.2) is 23.1 Å². The van der Waals surface area contributed by atoms with Crippen LogP contribution in [0.3, 0.4) is 0 Å². The van der Waals surface area contributed by atoms with Gasteiger partial charge in [-0.25, -0.2) is 4.39 Å². The van der Waals surface area contributed by atoms with Gasteiger partial charge in [0.05, 0.1) is 33.5 Å². The molecule has 0 aliphatic rings. The Bertz CT molecular complexity index is 352. The summed E-state index contributed by atoms with van der Waals surface area (Å²) >= 11 is 0. The molecular weight excluding hydrogens is 203 g/mol. The highest BCUT2D eigenvalue weighted by molar-refractivity contribution is 5.52. The molecule has 0 aliphatic heterocycles. The van der Waals surface area contributed by atoms with Crippen LogP contribution in [-0.2, 0) is 6.61 Å². The van der Waals surface area contributed by atoms with Gasteiger partial charge in [-0.2, -0.15) is 0 Å². The average molecular weight is 216 g/mol. The van der Waals surface area contributed by atoms with E-state index in [9.17, 15) is 4.39 Å². The Morgan fingerprint density at radius 3 is 2.13 bits per heavy atom. The minimum Gasteiger partial charge on any atom is -0.494 e. The standard InChI is InChI=1S/C10H13FO4/c1-13-7-4-8(14-2)10(15-3)6(5-12)9(7)11/h4,12H,5H2,1-3H3. The summed E-state index contributed by atoms with van der Waals surface area (Å²) in [6, 6.07) is 1.37. The average Bonchev–Trinajstić information content (AvgIpc) is 2.28. The number of benzene rings is 1. The molecule has 1 rings (SSSR count). The van der Waals surface area contributed by atoms with Crippen LogP contribution in [0.15, 0.2) is 6.07 Å². The van der Waals surface area contributed by atoms with Crippen LogP contribution in [0, 0.1) is 5.82 Å². The number of halogens is 1. The number of aliphatic hydroxyl groups excluding tert-OH is 1. The van der Waals surface area contributed by atoms with Crippen molar-refractivity contribution in [2.45, 2.75) is 6.61 Å². The van der Waals surface area contributed by atoms with Crippen LogP contribution in [0.2, 0.25) is 0 Å². The molecule has 0 amide bonds. The van der Waals surface area contributed by atoms with E-state index in [0.717, 1.165) is 0 Å². The van der Waals surface area contributed by atoms with E-state index in [1.54, 1.807) is 0 Å². The zero-order chi connectivity index (χ0) is 11.4. The lowest BCUT2D eigenvalue weighted by molar-refractivity contribution is 0.258. The van der Waals surface area contributed by atoms with Gasteiger partial charge in [-0.3, -0.25) is 0 Å². The predicted octanol–water partition coefficient (Wildman–Crippen LogP) is 1.34. The topological polar surface area (TPSA) is 47.9 Å². The Morgan fingerprint density at radius 1 is 1.13 bits per heavy atom. The summed E-state index contributed by atoms with van der Waals surface area (Å²) in [4.78, 5) is 0. The minimum absolute atomic E-state index is 0.0108. The molecule has 0 saturated heterocycles. The van der Waals surface area contributed by atoms with Crippen LogP contribution < -0.4 is 14.2 Å². The fourth-order valence-electron chi connectivity index (χ4n) is 1.31. The molecule has 0 unspecified atom stereocenters. The Balaban J connectivity index is 3.43. The van der Waals surface area contributed by atoms with Gasteiger partial charge >= 0.3 is 0 Å². The summed E-state index contributed by atoms with van der Waals surface area (Å²) in [5.74, 6) is -0.132. The number of hydrogen-bond donors (Lipinski definition) is 1. The zero-order valence-corrected chi connectivity index (χ0v) is 8.83. The van der Waals surface area contributed by atoms with Crippen LogP contribution in [0.1, 0.15) is 5.56 Å². The van der Waals surface area contributed by atoms with Crippen molar-refractivity contribution in [3.63, 3.8) is 0 Å². The molecule has 0 bridgehead atoms. The van der Waals surface area contributed by atoms with Crippen LogP contribution in [-0.4, -0.2) is 26.4 Å². The summed E-state index contributed by atoms with van der Waals surface area (Å²) in [6.45, 7) is -0.484. The molecule has 1 aromatic rings. The van der Waals surface area contributed by atoms with Gasteiger partial charge in [0.25, 0.3) is 0 Å². The molecule has 4 nitrogen and oxygen atoms in total. The molecule has 0 atom stereocenters. The normalized spacial score (nSPS) is 9.93. The van der Waals surface area contributed by atoms with Crippen molar-refractivity contribution in [3.8, 4) is 17.2 Å². The van der Waals surface area contributed by atoms with Crippen molar-refractivity contribution in [3.05, 3.63) is 17.4 Å². The van der Waals surface area contributed by atoms with Gasteiger partial charge in [-0.1, -0.05) is 0 Å². The van der Waals surface area contributed by atoms with Gasteiger partial charge in [-0.15, -0.1) is 0 Å². The fourth-order valence-corrected chi connectivity index (χ4v) is 1.31. The lowest BCUT2D eigenvalue weighted by Gasteiger charge is -2.14. The second kappa shape index (κ2) is 4.84. The lowest BCUT2D eigenvalue weighted by Crippen LogP contribution is -2.02. The van der Waals surface area contributed by atoms with Crippen LogP contribution in [0.25, 0.3) is 0 Å². The molecule has 0 aliphatic carbocycles. The van der Waals surface area contributed by atoms with Crippen LogP contribution >= 0.6 is 0 Å². The number of rotatable bonds is 4. The summed E-state index contributed by atoms with van der Waals surface area (Å²) in [5, 5.41) is 9.04. The Labute approximate surface area is 87.2 Å². The van der Waals surface area contributed by atoms with E-state index in [4.69, 9.17) is 19.3 Å². The first-order valence-corrected chi connectivity index (χ1v) is 4.27. The van der Waals surface area contributed by atoms with Crippen molar-refractivity contribution in [2.75, 3.05) is 21.3 Å². The maximum absolute atomic E-state index is 13.6. The number of aliphatic hydroxyl groups is 1. The van der Waals surface area contributed by atoms with Crippen molar-refractivity contribution < 1.29 is 23.7 Å². The van der Waals surface area contributed by atoms with Gasteiger partial charge in [0.1, 0.15) is 0 Å². The first-order valence-electron chi connectivity index (χ1n) is 4.27. The van der Waals surface area contributed by atoms with E-state index >= 15 is 0 Å². The second-order valence-corrected chi connectivity index (χ2v) is 2.76. The zero-order valence-electron chi connectivity index (χ0n) is 8.83. The van der Waals surface area contributed by atoms with E-state index in [1.165, 1.54) is 27.4 Å². The van der Waals surface area contributed by atoms with Gasteiger partial charge in [0, 0.05) is 6.07 Å². The van der Waals surface area contributed by atoms with Crippen molar-refractivity contribution >= 4 is 0 Å². The Morgan fingerprint density at radius 2 is 1.73 bits per heavy atom. The molecular formula is C10H13FO4. The van der Waals surface area contributed by atoms with Gasteiger partial charge in [-0.05, 0) is 0 Å². The summed E-state index contributed by atoms with van der Waals surface area (Å²) in [5.41, 5.74) is 0.0219. The van der Waals surface area contributed by atoms with Crippen molar-refractivity contribution in [2.24, 2.45) is 0 Å². The third kappa shape index (κ3) is 1.97. The number of hydrogen-bond acceptors (Lipinski definition) is 4. The molecule has 15 heavy (non-hydrogen) atoms. The molecule has 0 radical (unpaired) electrons. The fraction of sp³-hybridized carbons (Fsp3) is 0.400. The SMILES string of the molecule is COc1cc(OC)c(OC)c(CO)c1F. The minimum atomic E-state index is -0.641. The van der Waals surface area contributed by atoms with Crippen molar-refractivity contribution in [1.82, 2.24) is 0 Å². The second-order valence-electron chi connectivity index (χ2n) is 2.76. The molecule has 84 valence electrons. The molecule has 0 heterocycles. The third-order valence-electron chi connectivity index (χ3n) is 2.04. The molecule has 5 heteroatoms. The van der Waals surface area contributed by atoms with E-state index in [0.29, 0.717) is 5.75 Å². The molecule has 0 spiro atoms. The largest absolute Gasteiger partial charge is 0.494 e. The molecule has 0 saturated carbocycles. The monoisotopic (exact) mass is 216 g/mol. The number of ether oxygens (including phenoxy) is 3.